The van der Waals surface area contributed by atoms with Crippen molar-refractivity contribution in [2.24, 2.45) is 4.99 Å². The third-order valence-electron chi connectivity index (χ3n) is 7.27. The molecule has 0 unspecified atom stereocenters. The van der Waals surface area contributed by atoms with E-state index >= 15 is 0 Å². The number of anilines is 1. The zero-order valence-electron chi connectivity index (χ0n) is 23.4. The number of hydrogen-bond donors (Lipinski definition) is 1. The number of carbonyl (C=O) groups is 2. The van der Waals surface area contributed by atoms with E-state index in [0.29, 0.717) is 17.5 Å². The van der Waals surface area contributed by atoms with Crippen LogP contribution in [0.5, 0.6) is 0 Å². The molecule has 0 radical (unpaired) electrons. The molecule has 41 heavy (non-hydrogen) atoms. The molecule has 0 saturated carbocycles. The minimum Gasteiger partial charge on any atom is -0.346 e. The number of rotatable bonds is 6. The Balaban J connectivity index is 1.64. The number of nitrogens with one attached hydrogen (secondary N) is 1. The highest BCUT2D eigenvalue weighted by Crippen LogP contribution is 2.43. The molecule has 5 rings (SSSR count). The van der Waals surface area contributed by atoms with Crippen molar-refractivity contribution in [3.63, 3.8) is 0 Å². The van der Waals surface area contributed by atoms with Crippen LogP contribution in [-0.4, -0.2) is 27.8 Å². The molecule has 0 fully saturated rings. The number of benzene rings is 3. The van der Waals surface area contributed by atoms with Crippen LogP contribution in [0.25, 0.3) is 22.0 Å². The van der Waals surface area contributed by atoms with Crippen LogP contribution in [0, 0.1) is 25.5 Å². The standard InChI is InChI=1S/C33H30ClF2N3O2/c1-18(2)37-30-20(4)14-19(3)29-23(30)10-7-13-39-17-25(22-8-5-9-24(29)32(22)39)33(41)21-15-26(35)31(27(36)16-21)38-28(40)11-6-12-34/h5-6,8-9,11,14-17H,7,10,12-13H2,1-4H3,(H,38,40)/b11-6+. The van der Waals surface area contributed by atoms with Crippen molar-refractivity contribution >= 4 is 51.3 Å². The number of aryl methyl sites for hydroxylation is 3. The number of allylic oxidation sites excluding steroid dienone is 1. The van der Waals surface area contributed by atoms with Gasteiger partial charge >= 0.3 is 0 Å². The Morgan fingerprint density at radius 3 is 2.51 bits per heavy atom. The molecule has 0 spiro atoms. The molecule has 0 aliphatic carbocycles. The largest absolute Gasteiger partial charge is 0.346 e. The number of aromatic nitrogens is 1. The summed E-state index contributed by atoms with van der Waals surface area (Å²) in [6.07, 6.45) is 5.88. The van der Waals surface area contributed by atoms with Gasteiger partial charge in [0.05, 0.1) is 11.2 Å². The number of aliphatic imine (C=N–C) groups is 1. The first-order chi connectivity index (χ1) is 19.6. The molecule has 0 saturated heterocycles. The van der Waals surface area contributed by atoms with Crippen LogP contribution >= 0.6 is 11.6 Å². The Morgan fingerprint density at radius 2 is 1.83 bits per heavy atom. The lowest BCUT2D eigenvalue weighted by molar-refractivity contribution is -0.112. The van der Waals surface area contributed by atoms with Gasteiger partial charge in [0.1, 0.15) is 17.3 Å². The van der Waals surface area contributed by atoms with Gasteiger partial charge in [-0.1, -0.05) is 30.3 Å². The van der Waals surface area contributed by atoms with Crippen molar-refractivity contribution in [1.82, 2.24) is 4.57 Å². The molecule has 1 N–H and O–H groups in total. The number of amides is 1. The Kier molecular flexibility index (Phi) is 7.91. The normalized spacial score (nSPS) is 12.7. The third kappa shape index (κ3) is 5.34. The molecule has 1 aliphatic rings. The summed E-state index contributed by atoms with van der Waals surface area (Å²) in [4.78, 5) is 30.5. The van der Waals surface area contributed by atoms with E-state index in [2.05, 4.69) is 35.9 Å². The summed E-state index contributed by atoms with van der Waals surface area (Å²) in [5.74, 6) is -3.22. The maximum Gasteiger partial charge on any atom is 0.248 e. The lowest BCUT2D eigenvalue weighted by Gasteiger charge is -2.22. The van der Waals surface area contributed by atoms with E-state index in [9.17, 15) is 18.4 Å². The minimum atomic E-state index is -1.04. The molecule has 5 nitrogen and oxygen atoms in total. The fourth-order valence-corrected chi connectivity index (χ4v) is 5.79. The lowest BCUT2D eigenvalue weighted by atomic mass is 9.87. The fourth-order valence-electron chi connectivity index (χ4n) is 5.70. The highest BCUT2D eigenvalue weighted by atomic mass is 35.5. The lowest BCUT2D eigenvalue weighted by Crippen LogP contribution is -2.12. The summed E-state index contributed by atoms with van der Waals surface area (Å²) < 4.78 is 31.9. The topological polar surface area (TPSA) is 63.5 Å². The van der Waals surface area contributed by atoms with Crippen molar-refractivity contribution in [3.8, 4) is 11.1 Å². The number of alkyl halides is 1. The van der Waals surface area contributed by atoms with Gasteiger partial charge in [0.25, 0.3) is 0 Å². The molecule has 4 aromatic rings. The summed E-state index contributed by atoms with van der Waals surface area (Å²) in [5, 5.41) is 2.88. The van der Waals surface area contributed by atoms with E-state index in [1.165, 1.54) is 11.6 Å². The van der Waals surface area contributed by atoms with Gasteiger partial charge in [0, 0.05) is 52.5 Å². The maximum atomic E-state index is 14.9. The van der Waals surface area contributed by atoms with E-state index < -0.39 is 29.0 Å². The Labute approximate surface area is 242 Å². The predicted molar refractivity (Wildman–Crippen MR) is 162 cm³/mol. The van der Waals surface area contributed by atoms with Gasteiger partial charge in [0.2, 0.25) is 5.91 Å². The van der Waals surface area contributed by atoms with Crippen LogP contribution in [0.3, 0.4) is 0 Å². The molecule has 1 amide bonds. The molecule has 2 heterocycles. The van der Waals surface area contributed by atoms with Crippen LogP contribution in [0.1, 0.15) is 52.9 Å². The summed E-state index contributed by atoms with van der Waals surface area (Å²) in [6, 6.07) is 9.89. The van der Waals surface area contributed by atoms with Crippen molar-refractivity contribution in [3.05, 3.63) is 94.2 Å². The average Bonchev–Trinajstić information content (AvgIpc) is 3.28. The van der Waals surface area contributed by atoms with Gasteiger partial charge in [-0.2, -0.15) is 0 Å². The van der Waals surface area contributed by atoms with Gasteiger partial charge in [-0.3, -0.25) is 14.6 Å². The first kappa shape index (κ1) is 28.4. The SMILES string of the molecule is CC(C)=Nc1c(C)cc(C)c2c1CCCn1cc(C(=O)c3cc(F)c(NC(=O)/C=C/CCl)c(F)c3)c3cccc-2c31. The minimum absolute atomic E-state index is 0.0828. The second kappa shape index (κ2) is 11.4. The molecule has 8 heteroatoms. The number of nitrogens with zero attached hydrogens (tertiary/aromatic N) is 2. The quantitative estimate of drug-likeness (QED) is 0.109. The molecule has 210 valence electrons. The summed E-state index contributed by atoms with van der Waals surface area (Å²) in [6.45, 7) is 8.83. The Bertz CT molecular complexity index is 1760. The van der Waals surface area contributed by atoms with Crippen LogP contribution < -0.4 is 5.32 Å². The van der Waals surface area contributed by atoms with Crippen molar-refractivity contribution in [2.45, 2.75) is 47.1 Å². The zero-order valence-corrected chi connectivity index (χ0v) is 24.1. The molecule has 0 bridgehead atoms. The van der Waals surface area contributed by atoms with Crippen LogP contribution in [0.4, 0.5) is 20.2 Å². The van der Waals surface area contributed by atoms with E-state index in [4.69, 9.17) is 16.6 Å². The van der Waals surface area contributed by atoms with Crippen molar-refractivity contribution in [1.29, 1.82) is 0 Å². The Morgan fingerprint density at radius 1 is 1.10 bits per heavy atom. The van der Waals surface area contributed by atoms with Crippen molar-refractivity contribution < 1.29 is 18.4 Å². The summed E-state index contributed by atoms with van der Waals surface area (Å²) >= 11 is 5.51. The first-order valence-electron chi connectivity index (χ1n) is 13.4. The van der Waals surface area contributed by atoms with Gasteiger partial charge in [-0.05, 0) is 74.9 Å². The number of ketones is 1. The smallest absolute Gasteiger partial charge is 0.248 e. The number of fused-ring (bicyclic) bond motifs is 2. The summed E-state index contributed by atoms with van der Waals surface area (Å²) in [5.41, 5.74) is 8.03. The van der Waals surface area contributed by atoms with Crippen LogP contribution in [0.2, 0.25) is 0 Å². The van der Waals surface area contributed by atoms with Gasteiger partial charge in [-0.25, -0.2) is 8.78 Å². The summed E-state index contributed by atoms with van der Waals surface area (Å²) in [7, 11) is 0. The van der Waals surface area contributed by atoms with E-state index in [1.54, 1.807) is 6.20 Å². The van der Waals surface area contributed by atoms with E-state index in [1.807, 2.05) is 26.0 Å². The monoisotopic (exact) mass is 573 g/mol. The van der Waals surface area contributed by atoms with Crippen molar-refractivity contribution in [2.75, 3.05) is 11.2 Å². The fraction of sp³-hybridized carbons (Fsp3) is 0.242. The second-order valence-corrected chi connectivity index (χ2v) is 10.8. The molecular weight excluding hydrogens is 544 g/mol. The van der Waals surface area contributed by atoms with E-state index in [-0.39, 0.29) is 11.4 Å². The maximum absolute atomic E-state index is 14.9. The third-order valence-corrected chi connectivity index (χ3v) is 7.45. The van der Waals surface area contributed by atoms with Crippen LogP contribution in [0.15, 0.2) is 59.7 Å². The van der Waals surface area contributed by atoms with Gasteiger partial charge in [0.15, 0.2) is 5.78 Å². The molecular formula is C33H30ClF2N3O2. The number of halogens is 3. The second-order valence-electron chi connectivity index (χ2n) is 10.5. The molecule has 3 aromatic carbocycles. The molecule has 1 aromatic heterocycles. The number of hydrogen-bond acceptors (Lipinski definition) is 3. The highest BCUT2D eigenvalue weighted by Gasteiger charge is 2.26. The first-order valence-corrected chi connectivity index (χ1v) is 14.0. The number of carbonyl (C=O) groups excluding carboxylic acids is 2. The van der Waals surface area contributed by atoms with Crippen LogP contribution in [-0.2, 0) is 17.8 Å². The molecule has 1 aliphatic heterocycles. The van der Waals surface area contributed by atoms with E-state index in [0.717, 1.165) is 70.2 Å². The number of para-hydroxylation sites is 1. The zero-order chi connectivity index (χ0) is 29.4. The van der Waals surface area contributed by atoms with Gasteiger partial charge in [-0.15, -0.1) is 11.6 Å². The van der Waals surface area contributed by atoms with Gasteiger partial charge < -0.3 is 9.88 Å². The molecule has 0 atom stereocenters. The average molecular weight is 574 g/mol. The predicted octanol–water partition coefficient (Wildman–Crippen LogP) is 8.23. The Hall–Kier alpha value is -4.10. The highest BCUT2D eigenvalue weighted by molar-refractivity contribution is 6.19.